The largest absolute Gasteiger partial charge is 0.369 e. The van der Waals surface area contributed by atoms with Gasteiger partial charge in [-0.15, -0.1) is 0 Å². The summed E-state index contributed by atoms with van der Waals surface area (Å²) in [5.41, 5.74) is 1.08. The second-order valence-electron chi connectivity index (χ2n) is 3.79. The fourth-order valence-corrected chi connectivity index (χ4v) is 2.34. The number of sulfonamides is 1. The van der Waals surface area contributed by atoms with Crippen molar-refractivity contribution in [3.8, 4) is 0 Å². The summed E-state index contributed by atoms with van der Waals surface area (Å²) in [6, 6.07) is 1.98. The lowest BCUT2D eigenvalue weighted by Crippen LogP contribution is -2.24. The summed E-state index contributed by atoms with van der Waals surface area (Å²) < 4.78 is 25.0. The fraction of sp³-hybridized carbons (Fsp3) is 0.500. The summed E-state index contributed by atoms with van der Waals surface area (Å²) in [5.74, 6) is 0.773. The van der Waals surface area contributed by atoms with Crippen LogP contribution in [0, 0.1) is 6.92 Å². The van der Waals surface area contributed by atoms with Crippen LogP contribution in [-0.4, -0.2) is 32.7 Å². The molecule has 0 fully saturated rings. The maximum Gasteiger partial charge on any atom is 0.208 e. The van der Waals surface area contributed by atoms with Crippen LogP contribution in [0.5, 0.6) is 0 Å². The van der Waals surface area contributed by atoms with Crippen LogP contribution in [-0.2, 0) is 10.0 Å². The van der Waals surface area contributed by atoms with Gasteiger partial charge in [0.25, 0.3) is 0 Å². The van der Waals surface area contributed by atoms with Crippen LogP contribution < -0.4 is 10.0 Å². The van der Waals surface area contributed by atoms with E-state index in [-0.39, 0.29) is 0 Å². The van der Waals surface area contributed by atoms with Crippen LogP contribution in [0.15, 0.2) is 16.7 Å². The molecule has 1 rings (SSSR count). The van der Waals surface area contributed by atoms with E-state index >= 15 is 0 Å². The molecule has 0 saturated carbocycles. The Morgan fingerprint density at radius 1 is 1.41 bits per heavy atom. The van der Waals surface area contributed by atoms with E-state index in [4.69, 9.17) is 0 Å². The van der Waals surface area contributed by atoms with Crippen molar-refractivity contribution in [3.63, 3.8) is 0 Å². The smallest absolute Gasteiger partial charge is 0.208 e. The van der Waals surface area contributed by atoms with Gasteiger partial charge in [-0.2, -0.15) is 0 Å². The lowest BCUT2D eigenvalue weighted by Gasteiger charge is -2.08. The van der Waals surface area contributed by atoms with Gasteiger partial charge in [0.1, 0.15) is 5.82 Å². The molecule has 1 aromatic rings. The number of nitrogens with zero attached hydrogens (tertiary/aromatic N) is 1. The third-order valence-electron chi connectivity index (χ3n) is 1.99. The molecule has 0 aliphatic rings. The Morgan fingerprint density at radius 2 is 2.12 bits per heavy atom. The van der Waals surface area contributed by atoms with Crippen molar-refractivity contribution in [2.45, 2.75) is 13.3 Å². The van der Waals surface area contributed by atoms with Crippen LogP contribution in [0.25, 0.3) is 0 Å². The molecule has 5 nitrogen and oxygen atoms in total. The van der Waals surface area contributed by atoms with Crippen molar-refractivity contribution in [2.24, 2.45) is 0 Å². The molecule has 1 heterocycles. The van der Waals surface area contributed by atoms with Gasteiger partial charge in [0, 0.05) is 19.3 Å². The number of anilines is 1. The standard InChI is InChI=1S/C10H16BrN3O2S/c1-8-6-9(11)10(13-7-8)12-4-3-5-14-17(2,15)16/h6-7,14H,3-5H2,1-2H3,(H,12,13). The van der Waals surface area contributed by atoms with Crippen molar-refractivity contribution in [1.82, 2.24) is 9.71 Å². The predicted octanol–water partition coefficient (Wildman–Crippen LogP) is 1.50. The molecule has 0 amide bonds. The Labute approximate surface area is 110 Å². The predicted molar refractivity (Wildman–Crippen MR) is 72.6 cm³/mol. The highest BCUT2D eigenvalue weighted by Crippen LogP contribution is 2.20. The van der Waals surface area contributed by atoms with E-state index in [0.29, 0.717) is 19.5 Å². The molecule has 0 spiro atoms. The van der Waals surface area contributed by atoms with Gasteiger partial charge >= 0.3 is 0 Å². The normalized spacial score (nSPS) is 11.5. The van der Waals surface area contributed by atoms with Crippen LogP contribution in [0.3, 0.4) is 0 Å². The molecule has 0 radical (unpaired) electrons. The molecular weight excluding hydrogens is 306 g/mol. The van der Waals surface area contributed by atoms with E-state index < -0.39 is 10.0 Å². The van der Waals surface area contributed by atoms with Crippen molar-refractivity contribution < 1.29 is 8.42 Å². The first-order valence-electron chi connectivity index (χ1n) is 5.19. The molecule has 0 aliphatic carbocycles. The summed E-state index contributed by atoms with van der Waals surface area (Å²) in [6.45, 7) is 3.06. The number of rotatable bonds is 6. The Morgan fingerprint density at radius 3 is 2.71 bits per heavy atom. The Hall–Kier alpha value is -0.660. The summed E-state index contributed by atoms with van der Waals surface area (Å²) in [6.07, 6.45) is 3.63. The molecular formula is C10H16BrN3O2S. The lowest BCUT2D eigenvalue weighted by atomic mass is 10.3. The Kier molecular flexibility index (Phi) is 5.35. The second kappa shape index (κ2) is 6.32. The number of aromatic nitrogens is 1. The van der Waals surface area contributed by atoms with Gasteiger partial charge < -0.3 is 5.32 Å². The quantitative estimate of drug-likeness (QED) is 0.779. The minimum Gasteiger partial charge on any atom is -0.369 e. The first-order valence-corrected chi connectivity index (χ1v) is 7.87. The Bertz CT molecular complexity index is 476. The zero-order valence-electron chi connectivity index (χ0n) is 9.83. The Balaban J connectivity index is 2.32. The molecule has 0 saturated heterocycles. The van der Waals surface area contributed by atoms with E-state index in [2.05, 4.69) is 31.0 Å². The number of hydrogen-bond acceptors (Lipinski definition) is 4. The highest BCUT2D eigenvalue weighted by molar-refractivity contribution is 9.10. The van der Waals surface area contributed by atoms with Crippen molar-refractivity contribution in [1.29, 1.82) is 0 Å². The fourth-order valence-electron chi connectivity index (χ4n) is 1.22. The number of hydrogen-bond donors (Lipinski definition) is 2. The number of halogens is 1. The maximum absolute atomic E-state index is 10.8. The molecule has 0 bridgehead atoms. The van der Waals surface area contributed by atoms with E-state index in [1.54, 1.807) is 6.20 Å². The molecule has 0 aromatic carbocycles. The first-order chi connectivity index (χ1) is 7.88. The molecule has 0 aliphatic heterocycles. The summed E-state index contributed by atoms with van der Waals surface area (Å²) in [5, 5.41) is 3.13. The number of aryl methyl sites for hydroxylation is 1. The summed E-state index contributed by atoms with van der Waals surface area (Å²) in [7, 11) is -3.09. The van der Waals surface area contributed by atoms with Gasteiger partial charge in [-0.05, 0) is 40.9 Å². The monoisotopic (exact) mass is 321 g/mol. The average Bonchev–Trinajstić information content (AvgIpc) is 2.18. The van der Waals surface area contributed by atoms with Gasteiger partial charge in [-0.1, -0.05) is 0 Å². The van der Waals surface area contributed by atoms with E-state index in [9.17, 15) is 8.42 Å². The molecule has 7 heteroatoms. The van der Waals surface area contributed by atoms with Gasteiger partial charge in [-0.25, -0.2) is 18.1 Å². The zero-order valence-corrected chi connectivity index (χ0v) is 12.2. The highest BCUT2D eigenvalue weighted by Gasteiger charge is 2.01. The topological polar surface area (TPSA) is 71.1 Å². The maximum atomic E-state index is 10.8. The SMILES string of the molecule is Cc1cnc(NCCCNS(C)(=O)=O)c(Br)c1. The van der Waals surface area contributed by atoms with E-state index in [1.165, 1.54) is 0 Å². The van der Waals surface area contributed by atoms with Gasteiger partial charge in [0.15, 0.2) is 0 Å². The van der Waals surface area contributed by atoms with Gasteiger partial charge in [-0.3, -0.25) is 0 Å². The minimum atomic E-state index is -3.09. The highest BCUT2D eigenvalue weighted by atomic mass is 79.9. The van der Waals surface area contributed by atoms with Crippen molar-refractivity contribution in [2.75, 3.05) is 24.7 Å². The second-order valence-corrected chi connectivity index (χ2v) is 6.48. The molecule has 1 aromatic heterocycles. The van der Waals surface area contributed by atoms with E-state index in [0.717, 1.165) is 22.1 Å². The number of nitrogens with one attached hydrogen (secondary N) is 2. The minimum absolute atomic E-state index is 0.426. The summed E-state index contributed by atoms with van der Waals surface area (Å²) >= 11 is 3.41. The number of pyridine rings is 1. The molecule has 0 unspecified atom stereocenters. The van der Waals surface area contributed by atoms with E-state index in [1.807, 2.05) is 13.0 Å². The molecule has 2 N–H and O–H groups in total. The third-order valence-corrected chi connectivity index (χ3v) is 3.32. The lowest BCUT2D eigenvalue weighted by molar-refractivity contribution is 0.586. The van der Waals surface area contributed by atoms with Gasteiger partial charge in [0.2, 0.25) is 10.0 Å². The van der Waals surface area contributed by atoms with Crippen molar-refractivity contribution in [3.05, 3.63) is 22.3 Å². The third kappa shape index (κ3) is 5.99. The van der Waals surface area contributed by atoms with Crippen LogP contribution in [0.1, 0.15) is 12.0 Å². The molecule has 17 heavy (non-hydrogen) atoms. The van der Waals surface area contributed by atoms with Crippen LogP contribution >= 0.6 is 15.9 Å². The van der Waals surface area contributed by atoms with Crippen LogP contribution in [0.2, 0.25) is 0 Å². The molecule has 0 atom stereocenters. The molecule has 96 valence electrons. The van der Waals surface area contributed by atoms with Crippen molar-refractivity contribution >= 4 is 31.8 Å². The van der Waals surface area contributed by atoms with Crippen LogP contribution in [0.4, 0.5) is 5.82 Å². The summed E-state index contributed by atoms with van der Waals surface area (Å²) in [4.78, 5) is 4.23. The zero-order chi connectivity index (χ0) is 12.9. The first kappa shape index (κ1) is 14.4. The average molecular weight is 322 g/mol. The van der Waals surface area contributed by atoms with Gasteiger partial charge in [0.05, 0.1) is 10.7 Å².